The Balaban J connectivity index is 2.16. The highest BCUT2D eigenvalue weighted by Crippen LogP contribution is 2.48. The summed E-state index contributed by atoms with van der Waals surface area (Å²) in [5.74, 6) is -1.31. The van der Waals surface area contributed by atoms with Gasteiger partial charge in [-0.15, -0.1) is 0 Å². The second-order valence-corrected chi connectivity index (χ2v) is 7.53. The molecule has 0 amide bonds. The van der Waals surface area contributed by atoms with Crippen LogP contribution in [0.15, 0.2) is 45.8 Å². The molecule has 0 radical (unpaired) electrons. The summed E-state index contributed by atoms with van der Waals surface area (Å²) < 4.78 is 10.0. The van der Waals surface area contributed by atoms with Crippen molar-refractivity contribution in [2.24, 2.45) is 0 Å². The standard InChI is InChI=1S/C20H21ClN2O4S/c1-4-5-8-23-16-7-6-14(21)11-17(16)28-18(23)15(12-22)20(25)27-10-9-26-19(24)13(2)3/h6-7,11H,2,4-5,8-10H2,1,3H3/b18-15-. The lowest BCUT2D eigenvalue weighted by Crippen LogP contribution is -2.23. The van der Waals surface area contributed by atoms with Crippen molar-refractivity contribution in [2.75, 3.05) is 24.7 Å². The fourth-order valence-corrected chi connectivity index (χ4v) is 3.88. The van der Waals surface area contributed by atoms with Gasteiger partial charge in [0, 0.05) is 22.0 Å². The van der Waals surface area contributed by atoms with Gasteiger partial charge in [-0.1, -0.05) is 43.3 Å². The molecule has 0 saturated carbocycles. The van der Waals surface area contributed by atoms with E-state index in [1.165, 1.54) is 18.7 Å². The number of nitriles is 1. The number of carbonyl (C=O) groups excluding carboxylic acids is 2. The van der Waals surface area contributed by atoms with Crippen molar-refractivity contribution < 1.29 is 19.1 Å². The van der Waals surface area contributed by atoms with Gasteiger partial charge in [-0.3, -0.25) is 0 Å². The molecule has 148 valence electrons. The van der Waals surface area contributed by atoms with Crippen molar-refractivity contribution in [3.8, 4) is 6.07 Å². The van der Waals surface area contributed by atoms with E-state index in [2.05, 4.69) is 13.5 Å². The molecule has 1 heterocycles. The van der Waals surface area contributed by atoms with Crippen molar-refractivity contribution >= 4 is 41.0 Å². The smallest absolute Gasteiger partial charge is 0.351 e. The highest BCUT2D eigenvalue weighted by Gasteiger charge is 2.31. The lowest BCUT2D eigenvalue weighted by molar-refractivity contribution is -0.147. The molecule has 0 aromatic heterocycles. The molecule has 1 aliphatic heterocycles. The summed E-state index contributed by atoms with van der Waals surface area (Å²) in [4.78, 5) is 26.6. The van der Waals surface area contributed by atoms with E-state index < -0.39 is 11.9 Å². The van der Waals surface area contributed by atoms with Crippen LogP contribution in [0.4, 0.5) is 5.69 Å². The highest BCUT2D eigenvalue weighted by molar-refractivity contribution is 8.03. The van der Waals surface area contributed by atoms with Crippen molar-refractivity contribution in [1.29, 1.82) is 5.26 Å². The van der Waals surface area contributed by atoms with Crippen LogP contribution in [-0.2, 0) is 19.1 Å². The SMILES string of the molecule is C=C(C)C(=O)OCCOC(=O)/C(C#N)=C1\Sc2cc(Cl)ccc2N1CCCC. The molecule has 0 unspecified atom stereocenters. The van der Waals surface area contributed by atoms with Gasteiger partial charge in [0.1, 0.15) is 24.3 Å². The summed E-state index contributed by atoms with van der Waals surface area (Å²) in [6.45, 7) is 7.49. The quantitative estimate of drug-likeness (QED) is 0.266. The number of fused-ring (bicyclic) bond motifs is 1. The van der Waals surface area contributed by atoms with Gasteiger partial charge in [-0.25, -0.2) is 9.59 Å². The van der Waals surface area contributed by atoms with Crippen LogP contribution < -0.4 is 4.90 Å². The van der Waals surface area contributed by atoms with E-state index in [0.29, 0.717) is 16.6 Å². The zero-order valence-electron chi connectivity index (χ0n) is 15.8. The normalized spacial score (nSPS) is 14.1. The molecule has 1 aromatic carbocycles. The summed E-state index contributed by atoms with van der Waals surface area (Å²) in [7, 11) is 0. The van der Waals surface area contributed by atoms with E-state index in [-0.39, 0.29) is 24.4 Å². The molecule has 28 heavy (non-hydrogen) atoms. The van der Waals surface area contributed by atoms with Crippen molar-refractivity contribution in [2.45, 2.75) is 31.6 Å². The van der Waals surface area contributed by atoms with E-state index in [4.69, 9.17) is 21.1 Å². The lowest BCUT2D eigenvalue weighted by Gasteiger charge is -2.21. The van der Waals surface area contributed by atoms with E-state index in [0.717, 1.165) is 23.4 Å². The molecule has 2 rings (SSSR count). The molecular weight excluding hydrogens is 400 g/mol. The monoisotopic (exact) mass is 420 g/mol. The van der Waals surface area contributed by atoms with Gasteiger partial charge in [0.05, 0.1) is 5.69 Å². The number of hydrogen-bond acceptors (Lipinski definition) is 7. The van der Waals surface area contributed by atoms with Crippen LogP contribution in [0.25, 0.3) is 0 Å². The summed E-state index contributed by atoms with van der Waals surface area (Å²) >= 11 is 7.40. The van der Waals surface area contributed by atoms with Gasteiger partial charge in [0.15, 0.2) is 5.57 Å². The summed E-state index contributed by atoms with van der Waals surface area (Å²) in [6.07, 6.45) is 1.87. The molecule has 0 N–H and O–H groups in total. The number of unbranched alkanes of at least 4 members (excludes halogenated alkanes) is 1. The summed E-state index contributed by atoms with van der Waals surface area (Å²) in [6, 6.07) is 7.43. The van der Waals surface area contributed by atoms with Gasteiger partial charge in [0.25, 0.3) is 0 Å². The van der Waals surface area contributed by atoms with Crippen LogP contribution in [0.5, 0.6) is 0 Å². The van der Waals surface area contributed by atoms with E-state index in [1.807, 2.05) is 23.1 Å². The minimum atomic E-state index is -0.753. The predicted octanol–water partition coefficient (Wildman–Crippen LogP) is 4.45. The van der Waals surface area contributed by atoms with E-state index >= 15 is 0 Å². The zero-order chi connectivity index (χ0) is 20.7. The van der Waals surface area contributed by atoms with Crippen LogP contribution >= 0.6 is 23.4 Å². The van der Waals surface area contributed by atoms with Crippen molar-refractivity contribution in [3.63, 3.8) is 0 Å². The molecule has 0 fully saturated rings. The second-order valence-electron chi connectivity index (χ2n) is 6.06. The summed E-state index contributed by atoms with van der Waals surface area (Å²) in [5.41, 5.74) is 1.09. The van der Waals surface area contributed by atoms with Gasteiger partial charge < -0.3 is 14.4 Å². The van der Waals surface area contributed by atoms with Crippen LogP contribution in [0.1, 0.15) is 26.7 Å². The fourth-order valence-electron chi connectivity index (χ4n) is 2.43. The maximum atomic E-state index is 12.5. The first-order chi connectivity index (χ1) is 13.4. The largest absolute Gasteiger partial charge is 0.459 e. The van der Waals surface area contributed by atoms with Gasteiger partial charge >= 0.3 is 11.9 Å². The average Bonchev–Trinajstić information content (AvgIpc) is 3.00. The Morgan fingerprint density at radius 1 is 1.29 bits per heavy atom. The number of esters is 2. The van der Waals surface area contributed by atoms with Gasteiger partial charge in [0.2, 0.25) is 0 Å². The number of carbonyl (C=O) groups is 2. The molecule has 0 bridgehead atoms. The Kier molecular flexibility index (Phi) is 7.97. The van der Waals surface area contributed by atoms with E-state index in [1.54, 1.807) is 6.07 Å². The Morgan fingerprint density at radius 3 is 2.57 bits per heavy atom. The topological polar surface area (TPSA) is 79.6 Å². The third-order valence-corrected chi connectivity index (χ3v) is 5.23. The zero-order valence-corrected chi connectivity index (χ0v) is 17.4. The first kappa shape index (κ1) is 21.9. The molecule has 6 nitrogen and oxygen atoms in total. The third-order valence-electron chi connectivity index (χ3n) is 3.83. The number of nitrogens with zero attached hydrogens (tertiary/aromatic N) is 2. The molecule has 0 saturated heterocycles. The third kappa shape index (κ3) is 5.31. The maximum Gasteiger partial charge on any atom is 0.351 e. The molecule has 0 aliphatic carbocycles. The van der Waals surface area contributed by atoms with Gasteiger partial charge in [-0.05, 0) is 31.5 Å². The number of anilines is 1. The predicted molar refractivity (Wildman–Crippen MR) is 109 cm³/mol. The Bertz CT molecular complexity index is 860. The minimum Gasteiger partial charge on any atom is -0.459 e. The Morgan fingerprint density at radius 2 is 1.96 bits per heavy atom. The molecule has 0 atom stereocenters. The fraction of sp³-hybridized carbons (Fsp3) is 0.350. The molecular formula is C20H21ClN2O4S. The Hall–Kier alpha value is -2.43. The average molecular weight is 421 g/mol. The highest BCUT2D eigenvalue weighted by atomic mass is 35.5. The van der Waals surface area contributed by atoms with E-state index in [9.17, 15) is 14.9 Å². The van der Waals surface area contributed by atoms with Crippen LogP contribution in [-0.4, -0.2) is 31.7 Å². The number of benzene rings is 1. The maximum absolute atomic E-state index is 12.5. The van der Waals surface area contributed by atoms with Crippen LogP contribution in [0.3, 0.4) is 0 Å². The number of thioether (sulfide) groups is 1. The van der Waals surface area contributed by atoms with Crippen LogP contribution in [0.2, 0.25) is 5.02 Å². The number of rotatable bonds is 8. The van der Waals surface area contributed by atoms with Crippen molar-refractivity contribution in [1.82, 2.24) is 0 Å². The number of halogens is 1. The molecule has 0 spiro atoms. The second kappa shape index (κ2) is 10.2. The Labute approximate surface area is 173 Å². The van der Waals surface area contributed by atoms with Gasteiger partial charge in [-0.2, -0.15) is 5.26 Å². The first-order valence-corrected chi connectivity index (χ1v) is 9.97. The first-order valence-electron chi connectivity index (χ1n) is 8.78. The van der Waals surface area contributed by atoms with Crippen LogP contribution in [0, 0.1) is 11.3 Å². The number of ether oxygens (including phenoxy) is 2. The number of hydrogen-bond donors (Lipinski definition) is 0. The minimum absolute atomic E-state index is 0.0837. The van der Waals surface area contributed by atoms with Crippen molar-refractivity contribution in [3.05, 3.63) is 46.0 Å². The molecule has 1 aromatic rings. The lowest BCUT2D eigenvalue weighted by atomic mass is 10.2. The molecule has 1 aliphatic rings. The molecule has 8 heteroatoms. The summed E-state index contributed by atoms with van der Waals surface area (Å²) in [5, 5.41) is 10.7.